The zero-order valence-corrected chi connectivity index (χ0v) is 19.5. The molecule has 5 heteroatoms. The van der Waals surface area contributed by atoms with Crippen molar-refractivity contribution in [2.75, 3.05) is 26.2 Å². The summed E-state index contributed by atoms with van der Waals surface area (Å²) in [5.41, 5.74) is 9.34. The summed E-state index contributed by atoms with van der Waals surface area (Å²) in [4.78, 5) is 7.34. The molecule has 3 N–H and O–H groups in total. The van der Waals surface area contributed by atoms with Crippen molar-refractivity contribution in [3.05, 3.63) is 59.7 Å². The topological polar surface area (TPSA) is 62.9 Å². The smallest absolute Gasteiger partial charge is 0.199 e. The zero-order valence-electron chi connectivity index (χ0n) is 19.5. The number of hydrogen-bond acceptors (Lipinski definition) is 3. The van der Waals surface area contributed by atoms with Crippen LogP contribution in [0.1, 0.15) is 44.7 Å². The largest absolute Gasteiger partial charge is 0.489 e. The van der Waals surface area contributed by atoms with Gasteiger partial charge in [0.1, 0.15) is 12.4 Å². The van der Waals surface area contributed by atoms with Gasteiger partial charge in [-0.3, -0.25) is 0 Å². The number of nitrogens with two attached hydrogens (primary N) is 1. The summed E-state index contributed by atoms with van der Waals surface area (Å²) in [5.74, 6) is 2.48. The molecule has 1 fully saturated rings. The average Bonchev–Trinajstić information content (AvgIpc) is 2.77. The van der Waals surface area contributed by atoms with Gasteiger partial charge in [0.25, 0.3) is 0 Å². The van der Waals surface area contributed by atoms with E-state index in [9.17, 15) is 0 Å². The summed E-state index contributed by atoms with van der Waals surface area (Å²) in [6.45, 7) is 12.9. The van der Waals surface area contributed by atoms with Crippen LogP contribution >= 0.6 is 0 Å². The Kier molecular flexibility index (Phi) is 7.97. The van der Waals surface area contributed by atoms with Crippen molar-refractivity contribution in [3.63, 3.8) is 0 Å². The van der Waals surface area contributed by atoms with E-state index in [1.165, 1.54) is 24.0 Å². The Bertz CT molecular complexity index is 860. The second-order valence-electron chi connectivity index (χ2n) is 9.56. The molecule has 31 heavy (non-hydrogen) atoms. The normalized spacial score (nSPS) is 17.5. The van der Waals surface area contributed by atoms with E-state index in [1.54, 1.807) is 0 Å². The lowest BCUT2D eigenvalue weighted by Crippen LogP contribution is -2.49. The second-order valence-corrected chi connectivity index (χ2v) is 9.56. The highest BCUT2D eigenvalue weighted by Crippen LogP contribution is 2.22. The van der Waals surface area contributed by atoms with E-state index in [0.29, 0.717) is 19.1 Å². The number of guanidine groups is 1. The minimum atomic E-state index is 0.0233. The quantitative estimate of drug-likeness (QED) is 0.494. The number of ether oxygens (including phenoxy) is 1. The SMILES string of the molecule is Cc1ccccc1COc1ccc(/N=C(/NCC(C)(C)CN)N2CCCC(C)C2)cc1. The fourth-order valence-electron chi connectivity index (χ4n) is 3.67. The van der Waals surface area contributed by atoms with Crippen LogP contribution in [0, 0.1) is 18.3 Å². The van der Waals surface area contributed by atoms with Crippen molar-refractivity contribution in [2.24, 2.45) is 22.1 Å². The number of nitrogens with zero attached hydrogens (tertiary/aromatic N) is 2. The Labute approximate surface area is 187 Å². The summed E-state index contributed by atoms with van der Waals surface area (Å²) in [5, 5.41) is 3.58. The maximum atomic E-state index is 5.98. The molecule has 0 aromatic heterocycles. The minimum Gasteiger partial charge on any atom is -0.489 e. The van der Waals surface area contributed by atoms with Gasteiger partial charge in [-0.1, -0.05) is 45.0 Å². The minimum absolute atomic E-state index is 0.0233. The molecular formula is C26H38N4O. The monoisotopic (exact) mass is 422 g/mol. The Morgan fingerprint density at radius 3 is 2.61 bits per heavy atom. The first kappa shape index (κ1) is 23.1. The van der Waals surface area contributed by atoms with E-state index in [0.717, 1.165) is 37.0 Å². The van der Waals surface area contributed by atoms with Crippen molar-refractivity contribution in [3.8, 4) is 5.75 Å². The van der Waals surface area contributed by atoms with Crippen LogP contribution in [0.25, 0.3) is 0 Å². The Morgan fingerprint density at radius 2 is 1.94 bits per heavy atom. The van der Waals surface area contributed by atoms with E-state index in [4.69, 9.17) is 15.5 Å². The van der Waals surface area contributed by atoms with E-state index >= 15 is 0 Å². The first-order valence-corrected chi connectivity index (χ1v) is 11.4. The lowest BCUT2D eigenvalue weighted by molar-refractivity contribution is 0.261. The Balaban J connectivity index is 1.70. The lowest BCUT2D eigenvalue weighted by atomic mass is 9.94. The lowest BCUT2D eigenvalue weighted by Gasteiger charge is -2.35. The molecule has 3 rings (SSSR count). The molecule has 2 aromatic carbocycles. The van der Waals surface area contributed by atoms with E-state index in [1.807, 2.05) is 30.3 Å². The number of aryl methyl sites for hydroxylation is 1. The first-order chi connectivity index (χ1) is 14.9. The standard InChI is InChI=1S/C26H38N4O/c1-20-8-7-15-30(16-20)25(28-19-26(3,4)18-27)29-23-11-13-24(14-12-23)31-17-22-10-6-5-9-21(22)2/h5-6,9-14,20H,7-8,15-19,27H2,1-4H3,(H,28,29). The van der Waals surface area contributed by atoms with Gasteiger partial charge >= 0.3 is 0 Å². The van der Waals surface area contributed by atoms with Crippen molar-refractivity contribution < 1.29 is 4.74 Å². The van der Waals surface area contributed by atoms with Crippen LogP contribution in [0.5, 0.6) is 5.75 Å². The van der Waals surface area contributed by atoms with Crippen molar-refractivity contribution in [2.45, 2.75) is 47.1 Å². The van der Waals surface area contributed by atoms with Crippen LogP contribution in [-0.2, 0) is 6.61 Å². The Hall–Kier alpha value is -2.53. The van der Waals surface area contributed by atoms with E-state index in [2.05, 4.69) is 56.1 Å². The van der Waals surface area contributed by atoms with Gasteiger partial charge in [-0.2, -0.15) is 0 Å². The fraction of sp³-hybridized carbons (Fsp3) is 0.500. The highest BCUT2D eigenvalue weighted by molar-refractivity contribution is 5.83. The van der Waals surface area contributed by atoms with E-state index < -0.39 is 0 Å². The number of rotatable bonds is 7. The second kappa shape index (κ2) is 10.7. The number of nitrogens with one attached hydrogen (secondary N) is 1. The number of benzene rings is 2. The fourth-order valence-corrected chi connectivity index (χ4v) is 3.67. The molecule has 0 saturated carbocycles. The molecule has 0 bridgehead atoms. The maximum absolute atomic E-state index is 5.98. The molecule has 0 spiro atoms. The molecule has 1 saturated heterocycles. The maximum Gasteiger partial charge on any atom is 0.199 e. The number of aliphatic imine (C=N–C) groups is 1. The molecule has 1 aliphatic heterocycles. The van der Waals surface area contributed by atoms with Crippen molar-refractivity contribution >= 4 is 11.6 Å². The van der Waals surface area contributed by atoms with Gasteiger partial charge in [0.15, 0.2) is 5.96 Å². The first-order valence-electron chi connectivity index (χ1n) is 11.4. The van der Waals surface area contributed by atoms with Crippen LogP contribution in [0.15, 0.2) is 53.5 Å². The number of likely N-dealkylation sites (tertiary alicyclic amines) is 1. The van der Waals surface area contributed by atoms with Gasteiger partial charge in [-0.25, -0.2) is 4.99 Å². The molecule has 0 amide bonds. The predicted octanol–water partition coefficient (Wildman–Crippen LogP) is 4.87. The Morgan fingerprint density at radius 1 is 1.19 bits per heavy atom. The van der Waals surface area contributed by atoms with Gasteiger partial charge in [-0.05, 0) is 73.0 Å². The van der Waals surface area contributed by atoms with Crippen molar-refractivity contribution in [1.29, 1.82) is 0 Å². The van der Waals surface area contributed by atoms with Crippen LogP contribution in [0.4, 0.5) is 5.69 Å². The van der Waals surface area contributed by atoms with Gasteiger partial charge in [0.05, 0.1) is 5.69 Å². The molecule has 1 unspecified atom stereocenters. The molecule has 5 nitrogen and oxygen atoms in total. The third-order valence-corrected chi connectivity index (χ3v) is 5.96. The third kappa shape index (κ3) is 7.00. The van der Waals surface area contributed by atoms with Gasteiger partial charge in [-0.15, -0.1) is 0 Å². The molecule has 1 heterocycles. The zero-order chi connectivity index (χ0) is 22.3. The highest BCUT2D eigenvalue weighted by Gasteiger charge is 2.22. The molecule has 168 valence electrons. The summed E-state index contributed by atoms with van der Waals surface area (Å²) in [6, 6.07) is 16.4. The summed E-state index contributed by atoms with van der Waals surface area (Å²) < 4.78 is 5.98. The molecule has 1 aliphatic rings. The number of hydrogen-bond donors (Lipinski definition) is 2. The summed E-state index contributed by atoms with van der Waals surface area (Å²) in [6.07, 6.45) is 2.48. The van der Waals surface area contributed by atoms with Gasteiger partial charge in [0, 0.05) is 19.6 Å². The predicted molar refractivity (Wildman–Crippen MR) is 130 cm³/mol. The average molecular weight is 423 g/mol. The number of piperidine rings is 1. The van der Waals surface area contributed by atoms with Crippen molar-refractivity contribution in [1.82, 2.24) is 10.2 Å². The van der Waals surface area contributed by atoms with Crippen LogP contribution in [0.2, 0.25) is 0 Å². The molecule has 2 aromatic rings. The third-order valence-electron chi connectivity index (χ3n) is 5.96. The summed E-state index contributed by atoms with van der Waals surface area (Å²) >= 11 is 0. The van der Waals surface area contributed by atoms with Crippen LogP contribution in [-0.4, -0.2) is 37.0 Å². The molecule has 1 atom stereocenters. The summed E-state index contributed by atoms with van der Waals surface area (Å²) in [7, 11) is 0. The molecule has 0 radical (unpaired) electrons. The molecular weight excluding hydrogens is 384 g/mol. The highest BCUT2D eigenvalue weighted by atomic mass is 16.5. The van der Waals surface area contributed by atoms with Gasteiger partial charge < -0.3 is 20.7 Å². The van der Waals surface area contributed by atoms with Crippen LogP contribution in [0.3, 0.4) is 0 Å². The van der Waals surface area contributed by atoms with E-state index in [-0.39, 0.29) is 5.41 Å². The molecule has 0 aliphatic carbocycles. The van der Waals surface area contributed by atoms with Gasteiger partial charge in [0.2, 0.25) is 0 Å². The van der Waals surface area contributed by atoms with Crippen LogP contribution < -0.4 is 15.8 Å².